The summed E-state index contributed by atoms with van der Waals surface area (Å²) in [5.74, 6) is -0.195. The molecule has 0 unspecified atom stereocenters. The topological polar surface area (TPSA) is 79.4 Å². The molecule has 1 amide bonds. The van der Waals surface area contributed by atoms with Gasteiger partial charge in [0, 0.05) is 31.2 Å². The van der Waals surface area contributed by atoms with E-state index < -0.39 is 15.3 Å². The Bertz CT molecular complexity index is 757. The third-order valence-corrected chi connectivity index (χ3v) is 5.21. The van der Waals surface area contributed by atoms with Gasteiger partial charge in [-0.05, 0) is 24.3 Å². The Morgan fingerprint density at radius 2 is 1.86 bits per heavy atom. The second-order valence-corrected chi connectivity index (χ2v) is 7.05. The standard InChI is InChI=1S/C15H15N3O3S/c19-15(12-5-4-8-16-9-12)18-10-14(11-18)22(20,21)17-13-6-2-1-3-7-13/h1-9,14,17H,10-11H2. The van der Waals surface area contributed by atoms with Crippen LogP contribution in [0.2, 0.25) is 0 Å². The van der Waals surface area contributed by atoms with Gasteiger partial charge in [0.15, 0.2) is 0 Å². The second kappa shape index (κ2) is 5.76. The number of hydrogen-bond acceptors (Lipinski definition) is 4. The lowest BCUT2D eigenvalue weighted by Gasteiger charge is -2.38. The summed E-state index contributed by atoms with van der Waals surface area (Å²) in [4.78, 5) is 17.5. The molecule has 0 atom stereocenters. The molecule has 3 rings (SSSR count). The first-order chi connectivity index (χ1) is 10.6. The number of nitrogens with zero attached hydrogens (tertiary/aromatic N) is 2. The van der Waals surface area contributed by atoms with Crippen LogP contribution in [-0.4, -0.2) is 42.5 Å². The second-order valence-electron chi connectivity index (χ2n) is 5.09. The van der Waals surface area contributed by atoms with Crippen molar-refractivity contribution in [1.82, 2.24) is 9.88 Å². The van der Waals surface area contributed by atoms with Crippen LogP contribution >= 0.6 is 0 Å². The minimum atomic E-state index is -3.48. The van der Waals surface area contributed by atoms with E-state index in [-0.39, 0.29) is 19.0 Å². The first kappa shape index (κ1) is 14.5. The van der Waals surface area contributed by atoms with Crippen molar-refractivity contribution in [2.45, 2.75) is 5.25 Å². The van der Waals surface area contributed by atoms with E-state index in [1.165, 1.54) is 11.1 Å². The Hall–Kier alpha value is -2.41. The van der Waals surface area contributed by atoms with E-state index in [0.29, 0.717) is 11.3 Å². The highest BCUT2D eigenvalue weighted by Crippen LogP contribution is 2.21. The van der Waals surface area contributed by atoms with E-state index in [4.69, 9.17) is 0 Å². The summed E-state index contributed by atoms with van der Waals surface area (Å²) < 4.78 is 27.0. The molecule has 2 aromatic rings. The van der Waals surface area contributed by atoms with Gasteiger partial charge in [0.2, 0.25) is 10.0 Å². The van der Waals surface area contributed by atoms with Crippen LogP contribution in [0.4, 0.5) is 5.69 Å². The van der Waals surface area contributed by atoms with E-state index in [1.807, 2.05) is 6.07 Å². The SMILES string of the molecule is O=C(c1cccnc1)N1CC(S(=O)(=O)Nc2ccccc2)C1. The lowest BCUT2D eigenvalue weighted by atomic mass is 10.1. The van der Waals surface area contributed by atoms with Gasteiger partial charge in [0.05, 0.1) is 5.56 Å². The number of amides is 1. The van der Waals surface area contributed by atoms with Crippen LogP contribution in [0.1, 0.15) is 10.4 Å². The maximum Gasteiger partial charge on any atom is 0.255 e. The van der Waals surface area contributed by atoms with Crippen molar-refractivity contribution >= 4 is 21.6 Å². The molecule has 1 aliphatic heterocycles. The van der Waals surface area contributed by atoms with Crippen LogP contribution in [0, 0.1) is 0 Å². The molecule has 0 aliphatic carbocycles. The molecule has 114 valence electrons. The number of para-hydroxylation sites is 1. The van der Waals surface area contributed by atoms with Gasteiger partial charge in [0.25, 0.3) is 5.91 Å². The third kappa shape index (κ3) is 2.94. The van der Waals surface area contributed by atoms with Crippen molar-refractivity contribution in [3.63, 3.8) is 0 Å². The van der Waals surface area contributed by atoms with Gasteiger partial charge >= 0.3 is 0 Å². The van der Waals surface area contributed by atoms with Crippen LogP contribution in [-0.2, 0) is 10.0 Å². The smallest absolute Gasteiger partial charge is 0.255 e. The number of carbonyl (C=O) groups is 1. The van der Waals surface area contributed by atoms with Gasteiger partial charge in [-0.2, -0.15) is 0 Å². The van der Waals surface area contributed by atoms with E-state index >= 15 is 0 Å². The fraction of sp³-hybridized carbons (Fsp3) is 0.200. The zero-order valence-electron chi connectivity index (χ0n) is 11.7. The zero-order valence-corrected chi connectivity index (χ0v) is 12.5. The first-order valence-electron chi connectivity index (χ1n) is 6.82. The molecule has 0 bridgehead atoms. The quantitative estimate of drug-likeness (QED) is 0.923. The number of likely N-dealkylation sites (tertiary alicyclic amines) is 1. The Morgan fingerprint density at radius 1 is 1.14 bits per heavy atom. The maximum absolute atomic E-state index is 12.2. The van der Waals surface area contributed by atoms with Gasteiger partial charge in [-0.1, -0.05) is 18.2 Å². The molecule has 22 heavy (non-hydrogen) atoms. The van der Waals surface area contributed by atoms with E-state index in [9.17, 15) is 13.2 Å². The van der Waals surface area contributed by atoms with E-state index in [0.717, 1.165) is 0 Å². The zero-order chi connectivity index (χ0) is 15.6. The fourth-order valence-corrected chi connectivity index (χ4v) is 3.61. The minimum absolute atomic E-state index is 0.190. The molecule has 1 aromatic carbocycles. The first-order valence-corrected chi connectivity index (χ1v) is 8.37. The number of hydrogen-bond donors (Lipinski definition) is 1. The van der Waals surface area contributed by atoms with E-state index in [2.05, 4.69) is 9.71 Å². The summed E-state index contributed by atoms with van der Waals surface area (Å²) >= 11 is 0. The van der Waals surface area contributed by atoms with Crippen molar-refractivity contribution in [1.29, 1.82) is 0 Å². The highest BCUT2D eigenvalue weighted by Gasteiger charge is 2.40. The highest BCUT2D eigenvalue weighted by molar-refractivity contribution is 7.93. The summed E-state index contributed by atoms with van der Waals surface area (Å²) in [7, 11) is -3.48. The predicted octanol–water partition coefficient (Wildman–Crippen LogP) is 1.35. The van der Waals surface area contributed by atoms with Crippen LogP contribution in [0.25, 0.3) is 0 Å². The molecule has 1 N–H and O–H groups in total. The number of carbonyl (C=O) groups excluding carboxylic acids is 1. The summed E-state index contributed by atoms with van der Waals surface area (Å²) in [6.07, 6.45) is 3.07. The molecule has 2 heterocycles. The monoisotopic (exact) mass is 317 g/mol. The van der Waals surface area contributed by atoms with Gasteiger partial charge < -0.3 is 4.90 Å². The highest BCUT2D eigenvalue weighted by atomic mass is 32.2. The largest absolute Gasteiger partial charge is 0.336 e. The van der Waals surface area contributed by atoms with Crippen molar-refractivity contribution in [2.24, 2.45) is 0 Å². The minimum Gasteiger partial charge on any atom is -0.336 e. The molecule has 0 spiro atoms. The Morgan fingerprint density at radius 3 is 2.50 bits per heavy atom. The molecule has 1 saturated heterocycles. The predicted molar refractivity (Wildman–Crippen MR) is 82.9 cm³/mol. The number of sulfonamides is 1. The van der Waals surface area contributed by atoms with Crippen molar-refractivity contribution in [3.8, 4) is 0 Å². The Balaban J connectivity index is 1.62. The van der Waals surface area contributed by atoms with Crippen molar-refractivity contribution < 1.29 is 13.2 Å². The van der Waals surface area contributed by atoms with Crippen LogP contribution in [0.15, 0.2) is 54.9 Å². The molecule has 7 heteroatoms. The third-order valence-electron chi connectivity index (χ3n) is 3.52. The summed E-state index contributed by atoms with van der Waals surface area (Å²) in [5.41, 5.74) is 0.994. The molecule has 6 nitrogen and oxygen atoms in total. The van der Waals surface area contributed by atoms with Gasteiger partial charge in [-0.15, -0.1) is 0 Å². The number of anilines is 1. The molecule has 1 aliphatic rings. The van der Waals surface area contributed by atoms with Gasteiger partial charge in [0.1, 0.15) is 5.25 Å². The van der Waals surface area contributed by atoms with Gasteiger partial charge in [-0.25, -0.2) is 8.42 Å². The van der Waals surface area contributed by atoms with Crippen molar-refractivity contribution in [2.75, 3.05) is 17.8 Å². The average molecular weight is 317 g/mol. The van der Waals surface area contributed by atoms with E-state index in [1.54, 1.807) is 42.6 Å². The summed E-state index contributed by atoms with van der Waals surface area (Å²) in [6, 6.07) is 12.1. The molecular formula is C15H15N3O3S. The number of rotatable bonds is 4. The number of nitrogens with one attached hydrogen (secondary N) is 1. The summed E-state index contributed by atoms with van der Waals surface area (Å²) in [5, 5.41) is -0.590. The van der Waals surface area contributed by atoms with Crippen LogP contribution < -0.4 is 4.72 Å². The Labute approximate surface area is 128 Å². The van der Waals surface area contributed by atoms with Crippen LogP contribution in [0.3, 0.4) is 0 Å². The number of aromatic nitrogens is 1. The van der Waals surface area contributed by atoms with Gasteiger partial charge in [-0.3, -0.25) is 14.5 Å². The lowest BCUT2D eigenvalue weighted by molar-refractivity contribution is 0.0659. The Kier molecular flexibility index (Phi) is 3.81. The number of benzene rings is 1. The molecule has 0 radical (unpaired) electrons. The average Bonchev–Trinajstić information content (AvgIpc) is 2.46. The molecule has 1 fully saturated rings. The fourth-order valence-electron chi connectivity index (χ4n) is 2.23. The molecule has 0 saturated carbocycles. The van der Waals surface area contributed by atoms with Crippen LogP contribution in [0.5, 0.6) is 0 Å². The molecular weight excluding hydrogens is 302 g/mol. The normalized spacial score (nSPS) is 15.2. The lowest BCUT2D eigenvalue weighted by Crippen LogP contribution is -2.58. The van der Waals surface area contributed by atoms with Crippen molar-refractivity contribution in [3.05, 3.63) is 60.4 Å². The number of pyridine rings is 1. The summed E-state index contributed by atoms with van der Waals surface area (Å²) in [6.45, 7) is 0.381. The maximum atomic E-state index is 12.2. The molecule has 1 aromatic heterocycles.